The highest BCUT2D eigenvalue weighted by Gasteiger charge is 2.24. The molecule has 1 aliphatic rings. The van der Waals surface area contributed by atoms with Crippen LogP contribution in [-0.2, 0) is 0 Å². The molecule has 1 aromatic heterocycles. The van der Waals surface area contributed by atoms with E-state index in [2.05, 4.69) is 27.2 Å². The highest BCUT2D eigenvalue weighted by Crippen LogP contribution is 2.27. The van der Waals surface area contributed by atoms with Crippen LogP contribution < -0.4 is 10.6 Å². The van der Waals surface area contributed by atoms with E-state index in [-0.39, 0.29) is 5.84 Å². The van der Waals surface area contributed by atoms with Gasteiger partial charge in [0.15, 0.2) is 11.7 Å². The van der Waals surface area contributed by atoms with Gasteiger partial charge in [-0.25, -0.2) is 0 Å². The number of amidine groups is 1. The summed E-state index contributed by atoms with van der Waals surface area (Å²) in [5.74, 6) is 1.85. The van der Waals surface area contributed by atoms with Gasteiger partial charge in [-0.15, -0.1) is 5.10 Å². The molecule has 0 aromatic carbocycles. The first-order chi connectivity index (χ1) is 9.04. The van der Waals surface area contributed by atoms with Gasteiger partial charge in [0.2, 0.25) is 0 Å². The van der Waals surface area contributed by atoms with Crippen LogP contribution in [0.25, 0.3) is 0 Å². The van der Waals surface area contributed by atoms with E-state index < -0.39 is 0 Å². The van der Waals surface area contributed by atoms with Crippen molar-refractivity contribution in [2.45, 2.75) is 26.0 Å². The third kappa shape index (κ3) is 2.75. The molecule has 1 atom stereocenters. The fraction of sp³-hybridized carbons (Fsp3) is 0.583. The Morgan fingerprint density at radius 3 is 2.84 bits per heavy atom. The molecule has 0 aliphatic carbocycles. The second-order valence-electron chi connectivity index (χ2n) is 4.72. The number of thioether (sulfide) groups is 1. The molecule has 1 saturated heterocycles. The molecule has 3 N–H and O–H groups in total. The van der Waals surface area contributed by atoms with E-state index >= 15 is 0 Å². The van der Waals surface area contributed by atoms with Crippen LogP contribution in [0.1, 0.15) is 23.7 Å². The van der Waals surface area contributed by atoms with Gasteiger partial charge in [-0.3, -0.25) is 0 Å². The highest BCUT2D eigenvalue weighted by molar-refractivity contribution is 8.00. The van der Waals surface area contributed by atoms with Gasteiger partial charge in [0.05, 0.1) is 11.3 Å². The van der Waals surface area contributed by atoms with Gasteiger partial charge in [0.25, 0.3) is 0 Å². The summed E-state index contributed by atoms with van der Waals surface area (Å²) in [5.41, 5.74) is 8.20. The maximum Gasteiger partial charge on any atom is 0.174 e. The summed E-state index contributed by atoms with van der Waals surface area (Å²) in [5, 5.41) is 21.1. The molecule has 19 heavy (non-hydrogen) atoms. The number of hydrogen-bond donors (Lipinski definition) is 2. The van der Waals surface area contributed by atoms with Crippen LogP contribution >= 0.6 is 11.8 Å². The monoisotopic (exact) mass is 281 g/mol. The minimum atomic E-state index is 0.0939. The lowest BCUT2D eigenvalue weighted by Crippen LogP contribution is -2.39. The van der Waals surface area contributed by atoms with E-state index in [1.165, 1.54) is 0 Å². The van der Waals surface area contributed by atoms with Crippen molar-refractivity contribution in [3.8, 4) is 0 Å². The Bertz CT molecular complexity index is 505. The number of rotatable bonds is 2. The third-order valence-electron chi connectivity index (χ3n) is 3.34. The average molecular weight is 281 g/mol. The molecule has 0 spiro atoms. The lowest BCUT2D eigenvalue weighted by molar-refractivity contribution is 0.318. The standard InChI is InChI=1S/C12H19N5OS/c1-7-6-17(4-5-19-7)12-10(11(13)16-18)8(2)9(3)14-15-12/h7,18H,4-6H2,1-3H3,(H2,13,16). The quantitative estimate of drug-likeness (QED) is 0.366. The lowest BCUT2D eigenvalue weighted by atomic mass is 10.1. The summed E-state index contributed by atoms with van der Waals surface area (Å²) in [7, 11) is 0. The van der Waals surface area contributed by atoms with Crippen molar-refractivity contribution < 1.29 is 5.21 Å². The SMILES string of the molecule is Cc1nnc(N2CCSC(C)C2)c(C(N)=NO)c1C. The second-order valence-corrected chi connectivity index (χ2v) is 6.27. The smallest absolute Gasteiger partial charge is 0.174 e. The summed E-state index contributed by atoms with van der Waals surface area (Å²) < 4.78 is 0. The fourth-order valence-electron chi connectivity index (χ4n) is 2.18. The van der Waals surface area contributed by atoms with Crippen LogP contribution in [0.2, 0.25) is 0 Å². The van der Waals surface area contributed by atoms with Crippen LogP contribution in [-0.4, -0.2) is 45.3 Å². The molecule has 6 nitrogen and oxygen atoms in total. The number of anilines is 1. The van der Waals surface area contributed by atoms with Crippen LogP contribution in [0, 0.1) is 13.8 Å². The summed E-state index contributed by atoms with van der Waals surface area (Å²) in [6.07, 6.45) is 0. The summed E-state index contributed by atoms with van der Waals surface area (Å²) in [6, 6.07) is 0. The Morgan fingerprint density at radius 2 is 2.21 bits per heavy atom. The molecule has 1 unspecified atom stereocenters. The highest BCUT2D eigenvalue weighted by atomic mass is 32.2. The van der Waals surface area contributed by atoms with Gasteiger partial charge < -0.3 is 15.8 Å². The Labute approximate surface area is 117 Å². The van der Waals surface area contributed by atoms with Gasteiger partial charge in [-0.2, -0.15) is 16.9 Å². The molecule has 1 fully saturated rings. The number of hydrogen-bond acceptors (Lipinski definition) is 6. The summed E-state index contributed by atoms with van der Waals surface area (Å²) >= 11 is 1.94. The van der Waals surface area contributed by atoms with Crippen molar-refractivity contribution in [2.24, 2.45) is 10.9 Å². The van der Waals surface area contributed by atoms with Crippen molar-refractivity contribution in [2.75, 3.05) is 23.7 Å². The zero-order valence-electron chi connectivity index (χ0n) is 11.4. The molecule has 104 valence electrons. The molecular formula is C12H19N5OS. The van der Waals surface area contributed by atoms with Crippen molar-refractivity contribution in [3.05, 3.63) is 16.8 Å². The molecule has 1 aliphatic heterocycles. The average Bonchev–Trinajstić information content (AvgIpc) is 2.40. The molecule has 1 aromatic rings. The maximum atomic E-state index is 8.97. The first-order valence-electron chi connectivity index (χ1n) is 6.23. The van der Waals surface area contributed by atoms with Gasteiger partial charge >= 0.3 is 0 Å². The first kappa shape index (κ1) is 13.9. The van der Waals surface area contributed by atoms with E-state index in [1.807, 2.05) is 25.6 Å². The number of aromatic nitrogens is 2. The van der Waals surface area contributed by atoms with Crippen molar-refractivity contribution in [3.63, 3.8) is 0 Å². The van der Waals surface area contributed by atoms with E-state index in [0.29, 0.717) is 16.6 Å². The second kappa shape index (κ2) is 5.64. The van der Waals surface area contributed by atoms with Crippen molar-refractivity contribution >= 4 is 23.4 Å². The minimum Gasteiger partial charge on any atom is -0.409 e. The molecule has 0 amide bonds. The topological polar surface area (TPSA) is 87.6 Å². The molecule has 2 heterocycles. The number of oxime groups is 1. The predicted molar refractivity (Wildman–Crippen MR) is 78.1 cm³/mol. The Kier molecular flexibility index (Phi) is 4.14. The Morgan fingerprint density at radius 1 is 1.47 bits per heavy atom. The largest absolute Gasteiger partial charge is 0.409 e. The zero-order valence-corrected chi connectivity index (χ0v) is 12.2. The zero-order chi connectivity index (χ0) is 14.0. The third-order valence-corrected chi connectivity index (χ3v) is 4.48. The fourth-order valence-corrected chi connectivity index (χ4v) is 3.20. The van der Waals surface area contributed by atoms with E-state index in [0.717, 1.165) is 30.1 Å². The van der Waals surface area contributed by atoms with Crippen molar-refractivity contribution in [1.29, 1.82) is 0 Å². The lowest BCUT2D eigenvalue weighted by Gasteiger charge is -2.32. The minimum absolute atomic E-state index is 0.0939. The van der Waals surface area contributed by atoms with Crippen LogP contribution in [0.4, 0.5) is 5.82 Å². The van der Waals surface area contributed by atoms with E-state index in [1.54, 1.807) is 0 Å². The Hall–Kier alpha value is -1.50. The molecule has 0 bridgehead atoms. The molecule has 2 rings (SSSR count). The van der Waals surface area contributed by atoms with Gasteiger partial charge in [0.1, 0.15) is 0 Å². The number of aryl methyl sites for hydroxylation is 1. The van der Waals surface area contributed by atoms with Crippen molar-refractivity contribution in [1.82, 2.24) is 10.2 Å². The molecule has 0 radical (unpaired) electrons. The maximum absolute atomic E-state index is 8.97. The predicted octanol–water partition coefficient (Wildman–Crippen LogP) is 1.13. The molecule has 0 saturated carbocycles. The normalized spacial score (nSPS) is 20.7. The Balaban J connectivity index is 2.47. The van der Waals surface area contributed by atoms with Gasteiger partial charge in [-0.05, 0) is 19.4 Å². The van der Waals surface area contributed by atoms with Crippen LogP contribution in [0.15, 0.2) is 5.16 Å². The molecule has 7 heteroatoms. The number of nitrogens with two attached hydrogens (primary N) is 1. The van der Waals surface area contributed by atoms with Gasteiger partial charge in [0, 0.05) is 24.1 Å². The molecular weight excluding hydrogens is 262 g/mol. The first-order valence-corrected chi connectivity index (χ1v) is 7.27. The summed E-state index contributed by atoms with van der Waals surface area (Å²) in [6.45, 7) is 7.78. The van der Waals surface area contributed by atoms with E-state index in [4.69, 9.17) is 10.9 Å². The summed E-state index contributed by atoms with van der Waals surface area (Å²) in [4.78, 5) is 2.16. The van der Waals surface area contributed by atoms with E-state index in [9.17, 15) is 0 Å². The van der Waals surface area contributed by atoms with Gasteiger partial charge in [-0.1, -0.05) is 12.1 Å². The van der Waals surface area contributed by atoms with Crippen LogP contribution in [0.3, 0.4) is 0 Å². The number of nitrogens with zero attached hydrogens (tertiary/aromatic N) is 4. The van der Waals surface area contributed by atoms with Crippen LogP contribution in [0.5, 0.6) is 0 Å².